The first kappa shape index (κ1) is 16.2. The van der Waals surface area contributed by atoms with Gasteiger partial charge in [-0.1, -0.05) is 29.1 Å². The monoisotopic (exact) mass is 376 g/mol. The number of nitrogens with one attached hydrogen (secondary N) is 1. The van der Waals surface area contributed by atoms with Gasteiger partial charge in [0.25, 0.3) is 10.0 Å². The van der Waals surface area contributed by atoms with Crippen LogP contribution in [0.15, 0.2) is 45.0 Å². The number of nitrogens with zero attached hydrogens (tertiary/aromatic N) is 3. The predicted molar refractivity (Wildman–Crippen MR) is 95.2 cm³/mol. The Bertz CT molecular complexity index is 1010. The van der Waals surface area contributed by atoms with Crippen molar-refractivity contribution in [2.24, 2.45) is 0 Å². The molecule has 25 heavy (non-hydrogen) atoms. The third-order valence-corrected chi connectivity index (χ3v) is 6.55. The summed E-state index contributed by atoms with van der Waals surface area (Å²) in [5.74, 6) is 1.31. The van der Waals surface area contributed by atoms with Crippen LogP contribution in [0.5, 0.6) is 0 Å². The first-order valence-corrected chi connectivity index (χ1v) is 10.2. The number of rotatable bonds is 4. The lowest BCUT2D eigenvalue weighted by molar-refractivity contribution is 0.390. The molecule has 4 rings (SSSR count). The van der Waals surface area contributed by atoms with Crippen molar-refractivity contribution < 1.29 is 12.9 Å². The van der Waals surface area contributed by atoms with Crippen LogP contribution in [-0.2, 0) is 16.6 Å². The Morgan fingerprint density at radius 2 is 2.16 bits per heavy atom. The highest BCUT2D eigenvalue weighted by Gasteiger charge is 2.24. The van der Waals surface area contributed by atoms with Crippen molar-refractivity contribution in [2.45, 2.75) is 30.4 Å². The van der Waals surface area contributed by atoms with Crippen LogP contribution in [0.4, 0.5) is 5.69 Å². The van der Waals surface area contributed by atoms with Crippen LogP contribution in [0.25, 0.3) is 11.3 Å². The van der Waals surface area contributed by atoms with Crippen LogP contribution in [0.2, 0.25) is 0 Å². The SMILES string of the molecule is Cc1noc(C)c1S(=O)(=O)Nc1cccc(-c2cn3c(n2)SCC3)c1. The minimum absolute atomic E-state index is 0.0790. The zero-order valence-corrected chi connectivity index (χ0v) is 15.3. The molecule has 0 aliphatic carbocycles. The summed E-state index contributed by atoms with van der Waals surface area (Å²) in [4.78, 5) is 4.68. The molecule has 0 unspecified atom stereocenters. The van der Waals surface area contributed by atoms with E-state index in [0.717, 1.165) is 28.7 Å². The van der Waals surface area contributed by atoms with Crippen LogP contribution in [0, 0.1) is 13.8 Å². The zero-order chi connectivity index (χ0) is 17.6. The number of aryl methyl sites for hydroxylation is 3. The Hall–Kier alpha value is -2.26. The summed E-state index contributed by atoms with van der Waals surface area (Å²) in [6.07, 6.45) is 2.00. The smallest absolute Gasteiger partial charge is 0.267 e. The molecular formula is C16H16N4O3S2. The van der Waals surface area contributed by atoms with Gasteiger partial charge in [-0.25, -0.2) is 13.4 Å². The topological polar surface area (TPSA) is 90.0 Å². The maximum atomic E-state index is 12.6. The summed E-state index contributed by atoms with van der Waals surface area (Å²) in [6.45, 7) is 4.13. The maximum absolute atomic E-state index is 12.6. The molecule has 1 aromatic carbocycles. The second kappa shape index (κ2) is 5.92. The highest BCUT2D eigenvalue weighted by molar-refractivity contribution is 7.99. The number of hydrogen-bond acceptors (Lipinski definition) is 6. The number of fused-ring (bicyclic) bond motifs is 1. The van der Waals surface area contributed by atoms with Gasteiger partial charge < -0.3 is 9.09 Å². The van der Waals surface area contributed by atoms with Crippen LogP contribution < -0.4 is 4.72 Å². The van der Waals surface area contributed by atoms with Crippen molar-refractivity contribution in [1.82, 2.24) is 14.7 Å². The fourth-order valence-corrected chi connectivity index (χ4v) is 5.18. The predicted octanol–water partition coefficient (Wildman–Crippen LogP) is 3.06. The Morgan fingerprint density at radius 1 is 1.32 bits per heavy atom. The Kier molecular flexibility index (Phi) is 3.84. The average molecular weight is 376 g/mol. The van der Waals surface area contributed by atoms with Crippen molar-refractivity contribution in [2.75, 3.05) is 10.5 Å². The molecule has 0 bridgehead atoms. The first-order valence-electron chi connectivity index (χ1n) is 7.70. The average Bonchev–Trinajstić information content (AvgIpc) is 3.22. The van der Waals surface area contributed by atoms with E-state index in [9.17, 15) is 8.42 Å². The third-order valence-electron chi connectivity index (χ3n) is 3.95. The van der Waals surface area contributed by atoms with E-state index in [2.05, 4.69) is 19.4 Å². The van der Waals surface area contributed by atoms with Gasteiger partial charge in [0.15, 0.2) is 15.8 Å². The fraction of sp³-hybridized carbons (Fsp3) is 0.250. The summed E-state index contributed by atoms with van der Waals surface area (Å²) in [7, 11) is -3.76. The van der Waals surface area contributed by atoms with Crippen molar-refractivity contribution in [3.8, 4) is 11.3 Å². The van der Waals surface area contributed by atoms with E-state index in [0.29, 0.717) is 11.4 Å². The molecule has 0 amide bonds. The molecule has 1 N–H and O–H groups in total. The number of benzene rings is 1. The third kappa shape index (κ3) is 2.93. The number of imidazole rings is 1. The van der Waals surface area contributed by atoms with Gasteiger partial charge in [0.05, 0.1) is 5.69 Å². The van der Waals surface area contributed by atoms with Crippen LogP contribution in [-0.4, -0.2) is 28.9 Å². The van der Waals surface area contributed by atoms with E-state index >= 15 is 0 Å². The van der Waals surface area contributed by atoms with E-state index in [4.69, 9.17) is 4.52 Å². The summed E-state index contributed by atoms with van der Waals surface area (Å²) in [5, 5.41) is 4.71. The van der Waals surface area contributed by atoms with Gasteiger partial charge in [-0.05, 0) is 26.0 Å². The molecule has 0 atom stereocenters. The van der Waals surface area contributed by atoms with Gasteiger partial charge in [-0.3, -0.25) is 4.72 Å². The Balaban J connectivity index is 1.65. The van der Waals surface area contributed by atoms with Crippen LogP contribution >= 0.6 is 11.8 Å². The highest BCUT2D eigenvalue weighted by Crippen LogP contribution is 2.30. The molecule has 0 saturated heterocycles. The zero-order valence-electron chi connectivity index (χ0n) is 13.7. The molecule has 0 spiro atoms. The molecule has 1 aliphatic rings. The van der Waals surface area contributed by atoms with Crippen LogP contribution in [0.3, 0.4) is 0 Å². The highest BCUT2D eigenvalue weighted by atomic mass is 32.2. The molecular weight excluding hydrogens is 360 g/mol. The minimum Gasteiger partial charge on any atom is -0.360 e. The normalized spacial score (nSPS) is 13.8. The van der Waals surface area contributed by atoms with E-state index in [1.54, 1.807) is 43.8 Å². The second-order valence-corrected chi connectivity index (χ2v) is 8.47. The molecule has 7 nitrogen and oxygen atoms in total. The molecule has 0 fully saturated rings. The van der Waals surface area contributed by atoms with E-state index in [-0.39, 0.29) is 10.7 Å². The van der Waals surface area contributed by atoms with E-state index in [1.807, 2.05) is 12.3 Å². The number of hydrogen-bond donors (Lipinski definition) is 1. The van der Waals surface area contributed by atoms with Crippen molar-refractivity contribution in [3.05, 3.63) is 41.9 Å². The quantitative estimate of drug-likeness (QED) is 0.753. The summed E-state index contributed by atoms with van der Waals surface area (Å²) in [5.41, 5.74) is 2.50. The van der Waals surface area contributed by atoms with Crippen molar-refractivity contribution >= 4 is 27.5 Å². The molecule has 130 valence electrons. The fourth-order valence-electron chi connectivity index (χ4n) is 2.86. The Labute approximate surface area is 149 Å². The van der Waals surface area contributed by atoms with E-state index < -0.39 is 10.0 Å². The minimum atomic E-state index is -3.76. The number of sulfonamides is 1. The van der Waals surface area contributed by atoms with Gasteiger partial charge >= 0.3 is 0 Å². The van der Waals surface area contributed by atoms with Gasteiger partial charge in [0.2, 0.25) is 0 Å². The summed E-state index contributed by atoms with van der Waals surface area (Å²) < 4.78 is 34.9. The van der Waals surface area contributed by atoms with Gasteiger partial charge in [0, 0.05) is 29.7 Å². The van der Waals surface area contributed by atoms with Crippen molar-refractivity contribution in [1.29, 1.82) is 0 Å². The molecule has 1 aliphatic heterocycles. The number of aromatic nitrogens is 3. The number of anilines is 1. The van der Waals surface area contributed by atoms with Gasteiger partial charge in [-0.2, -0.15) is 0 Å². The maximum Gasteiger partial charge on any atom is 0.267 e. The van der Waals surface area contributed by atoms with Crippen LogP contribution in [0.1, 0.15) is 11.5 Å². The number of thioether (sulfide) groups is 1. The summed E-state index contributed by atoms with van der Waals surface area (Å²) in [6, 6.07) is 7.20. The van der Waals surface area contributed by atoms with Gasteiger partial charge in [0.1, 0.15) is 5.69 Å². The molecule has 0 radical (unpaired) electrons. The Morgan fingerprint density at radius 3 is 2.88 bits per heavy atom. The molecule has 3 aromatic rings. The lowest BCUT2D eigenvalue weighted by atomic mass is 10.1. The largest absolute Gasteiger partial charge is 0.360 e. The molecule has 3 heterocycles. The molecule has 9 heteroatoms. The summed E-state index contributed by atoms with van der Waals surface area (Å²) >= 11 is 1.72. The lowest BCUT2D eigenvalue weighted by Crippen LogP contribution is -2.14. The lowest BCUT2D eigenvalue weighted by Gasteiger charge is -2.08. The first-order chi connectivity index (χ1) is 11.9. The van der Waals surface area contributed by atoms with Crippen molar-refractivity contribution in [3.63, 3.8) is 0 Å². The second-order valence-electron chi connectivity index (χ2n) is 5.79. The van der Waals surface area contributed by atoms with E-state index in [1.165, 1.54) is 0 Å². The molecule has 0 saturated carbocycles. The molecule has 2 aromatic heterocycles. The standard InChI is InChI=1S/C16H16N4O3S2/c1-10-15(11(2)23-18-10)25(21,22)19-13-5-3-4-12(8-13)14-9-20-6-7-24-16(20)17-14/h3-5,8-9,19H,6-7H2,1-2H3. The van der Waals surface area contributed by atoms with Gasteiger partial charge in [-0.15, -0.1) is 0 Å².